The maximum atomic E-state index is 5.70. The highest BCUT2D eigenvalue weighted by molar-refractivity contribution is 5.42. The Morgan fingerprint density at radius 3 is 3.09 bits per heavy atom. The maximum absolute atomic E-state index is 5.70. The molecule has 60 valence electrons. The smallest absolute Gasteiger partial charge is 0.0733 e. The van der Waals surface area contributed by atoms with Gasteiger partial charge in [-0.2, -0.15) is 5.10 Å². The Morgan fingerprint density at radius 1 is 1.64 bits per heavy atom. The predicted octanol–water partition coefficient (Wildman–Crippen LogP) is 0.0688. The lowest BCUT2D eigenvalue weighted by molar-refractivity contribution is 0.731. The zero-order valence-electron chi connectivity index (χ0n) is 6.30. The van der Waals surface area contributed by atoms with Crippen LogP contribution >= 0.6 is 0 Å². The Labute approximate surface area is 65.2 Å². The minimum absolute atomic E-state index is 0.539. The van der Waals surface area contributed by atoms with E-state index in [1.54, 1.807) is 6.20 Å². The number of nitrogens with two attached hydrogens (primary N) is 1. The molecule has 1 saturated heterocycles. The fourth-order valence-electron chi connectivity index (χ4n) is 1.53. The van der Waals surface area contributed by atoms with E-state index in [9.17, 15) is 0 Å². The molecule has 0 spiro atoms. The van der Waals surface area contributed by atoms with Crippen LogP contribution in [0.1, 0.15) is 18.0 Å². The van der Waals surface area contributed by atoms with Crippen LogP contribution in [0.5, 0.6) is 0 Å². The molecule has 2 heterocycles. The van der Waals surface area contributed by atoms with E-state index in [0.717, 1.165) is 30.9 Å². The molecule has 0 amide bonds. The van der Waals surface area contributed by atoms with Crippen molar-refractivity contribution in [3.05, 3.63) is 11.9 Å². The second-order valence-corrected chi connectivity index (χ2v) is 2.93. The number of nitrogen functional groups attached to an aromatic ring is 1. The first kappa shape index (κ1) is 6.67. The minimum Gasteiger partial charge on any atom is -0.396 e. The van der Waals surface area contributed by atoms with E-state index >= 15 is 0 Å². The van der Waals surface area contributed by atoms with Gasteiger partial charge in [-0.1, -0.05) is 0 Å². The van der Waals surface area contributed by atoms with Crippen LogP contribution in [-0.2, 0) is 0 Å². The second kappa shape index (κ2) is 2.54. The van der Waals surface area contributed by atoms with Crippen molar-refractivity contribution in [1.29, 1.82) is 0 Å². The molecule has 4 nitrogen and oxygen atoms in total. The second-order valence-electron chi connectivity index (χ2n) is 2.93. The number of aromatic nitrogens is 2. The van der Waals surface area contributed by atoms with Crippen LogP contribution < -0.4 is 11.1 Å². The maximum Gasteiger partial charge on any atom is 0.0733 e. The highest BCUT2D eigenvalue weighted by Gasteiger charge is 2.19. The van der Waals surface area contributed by atoms with Gasteiger partial charge in [-0.15, -0.1) is 0 Å². The van der Waals surface area contributed by atoms with Gasteiger partial charge in [-0.3, -0.25) is 5.10 Å². The number of hydrogen-bond acceptors (Lipinski definition) is 3. The molecule has 1 fully saturated rings. The van der Waals surface area contributed by atoms with Gasteiger partial charge in [0, 0.05) is 12.5 Å². The summed E-state index contributed by atoms with van der Waals surface area (Å²) in [5.74, 6) is 0.539. The number of hydrogen-bond donors (Lipinski definition) is 3. The van der Waals surface area contributed by atoms with Crippen molar-refractivity contribution in [1.82, 2.24) is 15.5 Å². The van der Waals surface area contributed by atoms with Crippen molar-refractivity contribution in [2.45, 2.75) is 12.3 Å². The molecular formula is C7H12N4. The van der Waals surface area contributed by atoms with E-state index in [1.165, 1.54) is 0 Å². The van der Waals surface area contributed by atoms with Crippen LogP contribution in [-0.4, -0.2) is 23.3 Å². The molecule has 2 rings (SSSR count). The van der Waals surface area contributed by atoms with Crippen LogP contribution in [0.15, 0.2) is 6.20 Å². The van der Waals surface area contributed by atoms with Crippen molar-refractivity contribution in [3.63, 3.8) is 0 Å². The molecule has 0 aromatic carbocycles. The van der Waals surface area contributed by atoms with Gasteiger partial charge >= 0.3 is 0 Å². The Bertz CT molecular complexity index is 236. The summed E-state index contributed by atoms with van der Waals surface area (Å²) in [6, 6.07) is 0. The zero-order valence-corrected chi connectivity index (χ0v) is 6.30. The average Bonchev–Trinajstić information content (AvgIpc) is 2.55. The highest BCUT2D eigenvalue weighted by Crippen LogP contribution is 2.24. The average molecular weight is 152 g/mol. The van der Waals surface area contributed by atoms with Gasteiger partial charge in [0.05, 0.1) is 17.6 Å². The summed E-state index contributed by atoms with van der Waals surface area (Å²) in [4.78, 5) is 0. The lowest BCUT2D eigenvalue weighted by atomic mass is 10.0. The topological polar surface area (TPSA) is 66.7 Å². The van der Waals surface area contributed by atoms with Gasteiger partial charge < -0.3 is 11.1 Å². The first-order chi connectivity index (χ1) is 5.38. The van der Waals surface area contributed by atoms with Crippen LogP contribution in [0.2, 0.25) is 0 Å². The molecule has 0 radical (unpaired) electrons. The number of nitrogens with one attached hydrogen (secondary N) is 2. The Morgan fingerprint density at radius 2 is 2.55 bits per heavy atom. The Hall–Kier alpha value is -1.03. The normalized spacial score (nSPS) is 24.2. The van der Waals surface area contributed by atoms with E-state index in [2.05, 4.69) is 15.5 Å². The molecule has 4 N–H and O–H groups in total. The molecule has 0 aliphatic carbocycles. The van der Waals surface area contributed by atoms with Gasteiger partial charge in [0.2, 0.25) is 0 Å². The van der Waals surface area contributed by atoms with Crippen molar-refractivity contribution in [2.24, 2.45) is 0 Å². The van der Waals surface area contributed by atoms with Crippen LogP contribution in [0.25, 0.3) is 0 Å². The summed E-state index contributed by atoms with van der Waals surface area (Å²) in [5.41, 5.74) is 7.58. The van der Waals surface area contributed by atoms with Crippen LogP contribution in [0, 0.1) is 0 Å². The molecule has 1 atom stereocenters. The van der Waals surface area contributed by atoms with Gasteiger partial charge in [0.25, 0.3) is 0 Å². The molecule has 4 heteroatoms. The fraction of sp³-hybridized carbons (Fsp3) is 0.571. The summed E-state index contributed by atoms with van der Waals surface area (Å²) in [6.45, 7) is 2.11. The lowest BCUT2D eigenvalue weighted by Gasteiger charge is -2.04. The van der Waals surface area contributed by atoms with Gasteiger partial charge in [0.1, 0.15) is 0 Å². The Balaban J connectivity index is 2.21. The van der Waals surface area contributed by atoms with Crippen molar-refractivity contribution >= 4 is 5.69 Å². The monoisotopic (exact) mass is 152 g/mol. The van der Waals surface area contributed by atoms with Gasteiger partial charge in [0.15, 0.2) is 0 Å². The molecular weight excluding hydrogens is 140 g/mol. The summed E-state index contributed by atoms with van der Waals surface area (Å²) < 4.78 is 0. The third kappa shape index (κ3) is 1.09. The van der Waals surface area contributed by atoms with E-state index in [0.29, 0.717) is 5.92 Å². The fourth-order valence-corrected chi connectivity index (χ4v) is 1.53. The number of nitrogens with zero attached hydrogens (tertiary/aromatic N) is 1. The summed E-state index contributed by atoms with van der Waals surface area (Å²) >= 11 is 0. The number of aromatic amines is 1. The SMILES string of the molecule is Nc1cn[nH]c1C1CCNC1. The number of rotatable bonds is 1. The quantitative estimate of drug-likeness (QED) is 0.533. The van der Waals surface area contributed by atoms with Crippen molar-refractivity contribution in [2.75, 3.05) is 18.8 Å². The minimum atomic E-state index is 0.539. The summed E-state index contributed by atoms with van der Waals surface area (Å²) in [5, 5.41) is 10.1. The van der Waals surface area contributed by atoms with E-state index < -0.39 is 0 Å². The molecule has 1 unspecified atom stereocenters. The lowest BCUT2D eigenvalue weighted by Crippen LogP contribution is -2.09. The third-order valence-electron chi connectivity index (χ3n) is 2.17. The molecule has 0 bridgehead atoms. The predicted molar refractivity (Wildman–Crippen MR) is 43.2 cm³/mol. The summed E-state index contributed by atoms with van der Waals surface area (Å²) in [6.07, 6.45) is 2.83. The van der Waals surface area contributed by atoms with E-state index in [1.807, 2.05) is 0 Å². The third-order valence-corrected chi connectivity index (χ3v) is 2.17. The standard InChI is InChI=1S/C7H12N4/c8-6-4-10-11-7(6)5-1-2-9-3-5/h4-5,9H,1-3,8H2,(H,10,11). The van der Waals surface area contributed by atoms with Gasteiger partial charge in [-0.05, 0) is 13.0 Å². The zero-order chi connectivity index (χ0) is 7.68. The highest BCUT2D eigenvalue weighted by atomic mass is 15.1. The number of anilines is 1. The van der Waals surface area contributed by atoms with E-state index in [-0.39, 0.29) is 0 Å². The largest absolute Gasteiger partial charge is 0.396 e. The van der Waals surface area contributed by atoms with Crippen molar-refractivity contribution < 1.29 is 0 Å². The van der Waals surface area contributed by atoms with Gasteiger partial charge in [-0.25, -0.2) is 0 Å². The molecule has 1 aliphatic rings. The molecule has 1 aromatic heterocycles. The molecule has 11 heavy (non-hydrogen) atoms. The first-order valence-electron chi connectivity index (χ1n) is 3.87. The molecule has 1 aromatic rings. The Kier molecular flexibility index (Phi) is 1.54. The summed E-state index contributed by atoms with van der Waals surface area (Å²) in [7, 11) is 0. The first-order valence-corrected chi connectivity index (χ1v) is 3.87. The van der Waals surface area contributed by atoms with E-state index in [4.69, 9.17) is 5.73 Å². The molecule has 0 saturated carbocycles. The molecule has 1 aliphatic heterocycles. The number of H-pyrrole nitrogens is 1. The van der Waals surface area contributed by atoms with Crippen LogP contribution in [0.3, 0.4) is 0 Å². The van der Waals surface area contributed by atoms with Crippen molar-refractivity contribution in [3.8, 4) is 0 Å². The van der Waals surface area contributed by atoms with Crippen LogP contribution in [0.4, 0.5) is 5.69 Å².